The molecule has 1 heterocycles. The number of phenols is 5. The normalized spacial score (nSPS) is 16.9. The van der Waals surface area contributed by atoms with Crippen LogP contribution < -0.4 is 4.74 Å². The summed E-state index contributed by atoms with van der Waals surface area (Å²) in [5.74, 6) is 0.243. The molecule has 4 aromatic carbocycles. The molecule has 0 bridgehead atoms. The summed E-state index contributed by atoms with van der Waals surface area (Å²) in [6.45, 7) is 0. The highest BCUT2D eigenvalue weighted by molar-refractivity contribution is 5.75. The Morgan fingerprint density at radius 2 is 1.15 bits per heavy atom. The van der Waals surface area contributed by atoms with Crippen molar-refractivity contribution in [3.8, 4) is 34.5 Å². The molecular weight excluding hydrogens is 432 g/mol. The van der Waals surface area contributed by atoms with E-state index in [0.717, 1.165) is 16.7 Å². The molecule has 4 aromatic rings. The van der Waals surface area contributed by atoms with Gasteiger partial charge in [-0.3, -0.25) is 0 Å². The van der Waals surface area contributed by atoms with Gasteiger partial charge in [0.05, 0.1) is 5.92 Å². The topological polar surface area (TPSA) is 110 Å². The van der Waals surface area contributed by atoms with Crippen LogP contribution in [0.25, 0.3) is 12.2 Å². The SMILES string of the molecule is Oc1ccc(C=Cc2cc(O)cc3c2[C@@H](c2cc(O)cc(O)c2)[C@H](c2ccc(O)cc2)O3)cc1. The minimum atomic E-state index is -0.528. The van der Waals surface area contributed by atoms with Crippen molar-refractivity contribution in [2.45, 2.75) is 12.0 Å². The largest absolute Gasteiger partial charge is 0.508 e. The van der Waals surface area contributed by atoms with E-state index >= 15 is 0 Å². The van der Waals surface area contributed by atoms with E-state index in [2.05, 4.69) is 0 Å². The lowest BCUT2D eigenvalue weighted by Crippen LogP contribution is -2.11. The highest BCUT2D eigenvalue weighted by Crippen LogP contribution is 2.53. The second-order valence-corrected chi connectivity index (χ2v) is 8.26. The van der Waals surface area contributed by atoms with Gasteiger partial charge in [0.1, 0.15) is 40.6 Å². The van der Waals surface area contributed by atoms with Crippen molar-refractivity contribution in [1.29, 1.82) is 0 Å². The fraction of sp³-hybridized carbons (Fsp3) is 0.0714. The molecule has 5 rings (SSSR count). The van der Waals surface area contributed by atoms with Crippen molar-refractivity contribution in [2.75, 3.05) is 0 Å². The minimum absolute atomic E-state index is 0.0352. The van der Waals surface area contributed by atoms with E-state index in [9.17, 15) is 25.5 Å². The smallest absolute Gasteiger partial charge is 0.135 e. The van der Waals surface area contributed by atoms with Crippen molar-refractivity contribution in [2.24, 2.45) is 0 Å². The van der Waals surface area contributed by atoms with E-state index in [1.807, 2.05) is 12.2 Å². The Labute approximate surface area is 195 Å². The summed E-state index contributed by atoms with van der Waals surface area (Å²) in [5.41, 5.74) is 3.78. The fourth-order valence-electron chi connectivity index (χ4n) is 4.39. The van der Waals surface area contributed by atoms with Crippen LogP contribution in [0.1, 0.15) is 39.8 Å². The molecule has 0 saturated carbocycles. The van der Waals surface area contributed by atoms with Crippen LogP contribution in [0.5, 0.6) is 34.5 Å². The first-order chi connectivity index (χ1) is 16.4. The molecule has 0 radical (unpaired) electrons. The van der Waals surface area contributed by atoms with Gasteiger partial charge in [0, 0.05) is 17.7 Å². The number of fused-ring (bicyclic) bond motifs is 1. The van der Waals surface area contributed by atoms with Crippen molar-refractivity contribution < 1.29 is 30.3 Å². The Morgan fingerprint density at radius 3 is 1.79 bits per heavy atom. The molecule has 0 aromatic heterocycles. The molecule has 0 spiro atoms. The average Bonchev–Trinajstić information content (AvgIpc) is 3.17. The van der Waals surface area contributed by atoms with E-state index in [0.29, 0.717) is 16.9 Å². The first kappa shape index (κ1) is 21.3. The summed E-state index contributed by atoms with van der Waals surface area (Å²) in [7, 11) is 0. The Hall–Kier alpha value is -4.58. The van der Waals surface area contributed by atoms with Gasteiger partial charge in [-0.1, -0.05) is 36.4 Å². The third kappa shape index (κ3) is 4.09. The zero-order valence-corrected chi connectivity index (χ0v) is 18.0. The van der Waals surface area contributed by atoms with Crippen LogP contribution in [0.2, 0.25) is 0 Å². The predicted molar refractivity (Wildman–Crippen MR) is 128 cm³/mol. The van der Waals surface area contributed by atoms with Crippen LogP contribution in [-0.2, 0) is 0 Å². The molecule has 0 unspecified atom stereocenters. The van der Waals surface area contributed by atoms with Crippen LogP contribution in [0.15, 0.2) is 78.9 Å². The Morgan fingerprint density at radius 1 is 0.559 bits per heavy atom. The van der Waals surface area contributed by atoms with Crippen LogP contribution >= 0.6 is 0 Å². The molecule has 34 heavy (non-hydrogen) atoms. The summed E-state index contributed by atoms with van der Waals surface area (Å²) in [6, 6.07) is 21.0. The fourth-order valence-corrected chi connectivity index (χ4v) is 4.39. The number of phenolic OH excluding ortho intramolecular Hbond substituents is 5. The second-order valence-electron chi connectivity index (χ2n) is 8.26. The molecule has 0 saturated heterocycles. The monoisotopic (exact) mass is 454 g/mol. The molecule has 0 aliphatic carbocycles. The summed E-state index contributed by atoms with van der Waals surface area (Å²) >= 11 is 0. The van der Waals surface area contributed by atoms with Gasteiger partial charge in [0.2, 0.25) is 0 Å². The van der Waals surface area contributed by atoms with Crippen molar-refractivity contribution >= 4 is 12.2 Å². The zero-order valence-electron chi connectivity index (χ0n) is 18.0. The molecule has 1 aliphatic heterocycles. The van der Waals surface area contributed by atoms with Gasteiger partial charge in [0.25, 0.3) is 0 Å². The van der Waals surface area contributed by atoms with Crippen LogP contribution in [0, 0.1) is 0 Å². The quantitative estimate of drug-likeness (QED) is 0.255. The number of hydrogen-bond acceptors (Lipinski definition) is 6. The van der Waals surface area contributed by atoms with Crippen molar-refractivity contribution in [3.63, 3.8) is 0 Å². The molecule has 170 valence electrons. The van der Waals surface area contributed by atoms with Gasteiger partial charge in [-0.05, 0) is 64.7 Å². The molecule has 0 amide bonds. The molecule has 6 nitrogen and oxygen atoms in total. The highest BCUT2D eigenvalue weighted by atomic mass is 16.5. The zero-order chi connectivity index (χ0) is 23.8. The van der Waals surface area contributed by atoms with E-state index in [1.165, 1.54) is 6.07 Å². The van der Waals surface area contributed by atoms with E-state index in [4.69, 9.17) is 4.74 Å². The molecule has 6 heteroatoms. The van der Waals surface area contributed by atoms with Gasteiger partial charge in [-0.25, -0.2) is 0 Å². The lowest BCUT2D eigenvalue weighted by Gasteiger charge is -2.21. The number of ether oxygens (including phenoxy) is 1. The summed E-state index contributed by atoms with van der Waals surface area (Å²) in [5, 5.41) is 50.0. The molecular formula is C28H22O6. The van der Waals surface area contributed by atoms with Gasteiger partial charge < -0.3 is 30.3 Å². The average molecular weight is 454 g/mol. The van der Waals surface area contributed by atoms with Crippen LogP contribution in [0.3, 0.4) is 0 Å². The number of benzene rings is 4. The third-order valence-electron chi connectivity index (χ3n) is 5.88. The lowest BCUT2D eigenvalue weighted by atomic mass is 9.82. The molecule has 1 aliphatic rings. The maximum atomic E-state index is 10.4. The summed E-state index contributed by atoms with van der Waals surface area (Å²) in [4.78, 5) is 0. The first-order valence-corrected chi connectivity index (χ1v) is 10.7. The standard InChI is InChI=1S/C28H22O6/c29-20-7-2-16(3-8-20)1-4-18-11-24(33)15-25-26(18)27(19-12-22(31)14-23(32)13-19)28(34-25)17-5-9-21(30)10-6-17/h1-15,27-33H/t27-,28+/m1/s1. The maximum absolute atomic E-state index is 10.4. The maximum Gasteiger partial charge on any atom is 0.135 e. The second kappa shape index (κ2) is 8.41. The Kier molecular flexibility index (Phi) is 5.26. The predicted octanol–water partition coefficient (Wildman–Crippen LogP) is 5.65. The van der Waals surface area contributed by atoms with Gasteiger partial charge in [-0.2, -0.15) is 0 Å². The Balaban J connectivity index is 1.67. The number of hydrogen-bond donors (Lipinski definition) is 5. The van der Waals surface area contributed by atoms with Crippen LogP contribution in [0.4, 0.5) is 0 Å². The van der Waals surface area contributed by atoms with E-state index < -0.39 is 12.0 Å². The molecule has 5 N–H and O–H groups in total. The molecule has 2 atom stereocenters. The van der Waals surface area contributed by atoms with E-state index in [-0.39, 0.29) is 28.7 Å². The minimum Gasteiger partial charge on any atom is -0.508 e. The first-order valence-electron chi connectivity index (χ1n) is 10.7. The summed E-state index contributed by atoms with van der Waals surface area (Å²) < 4.78 is 6.30. The van der Waals surface area contributed by atoms with Gasteiger partial charge >= 0.3 is 0 Å². The lowest BCUT2D eigenvalue weighted by molar-refractivity contribution is 0.221. The van der Waals surface area contributed by atoms with Gasteiger partial charge in [0.15, 0.2) is 0 Å². The van der Waals surface area contributed by atoms with Gasteiger partial charge in [-0.15, -0.1) is 0 Å². The number of aromatic hydroxyl groups is 5. The third-order valence-corrected chi connectivity index (χ3v) is 5.88. The van der Waals surface area contributed by atoms with Crippen LogP contribution in [-0.4, -0.2) is 25.5 Å². The summed E-state index contributed by atoms with van der Waals surface area (Å²) in [6.07, 6.45) is 3.18. The number of rotatable bonds is 4. The highest BCUT2D eigenvalue weighted by Gasteiger charge is 2.39. The Bertz CT molecular complexity index is 1350. The van der Waals surface area contributed by atoms with Crippen molar-refractivity contribution in [1.82, 2.24) is 0 Å². The molecule has 0 fully saturated rings. The van der Waals surface area contributed by atoms with Crippen molar-refractivity contribution in [3.05, 3.63) is 107 Å². The van der Waals surface area contributed by atoms with E-state index in [1.54, 1.807) is 72.8 Å².